The van der Waals surface area contributed by atoms with Gasteiger partial charge in [-0.1, -0.05) is 13.0 Å². The Morgan fingerprint density at radius 2 is 2.37 bits per heavy atom. The van der Waals surface area contributed by atoms with Crippen LogP contribution in [0.4, 0.5) is 5.69 Å². The van der Waals surface area contributed by atoms with Gasteiger partial charge in [0.2, 0.25) is 0 Å². The van der Waals surface area contributed by atoms with Crippen LogP contribution in [0, 0.1) is 11.3 Å². The zero-order valence-electron chi connectivity index (χ0n) is 11.2. The van der Waals surface area contributed by atoms with E-state index in [2.05, 4.69) is 17.9 Å². The van der Waals surface area contributed by atoms with Crippen LogP contribution in [0.15, 0.2) is 18.2 Å². The SMILES string of the molecule is CCC1CN(c2ccc(CCl)cc2C#N)CCCO1. The molecule has 0 aromatic heterocycles. The second kappa shape index (κ2) is 6.79. The zero-order chi connectivity index (χ0) is 13.7. The van der Waals surface area contributed by atoms with Crippen LogP contribution in [0.2, 0.25) is 0 Å². The van der Waals surface area contributed by atoms with E-state index >= 15 is 0 Å². The van der Waals surface area contributed by atoms with E-state index in [1.54, 1.807) is 0 Å². The summed E-state index contributed by atoms with van der Waals surface area (Å²) < 4.78 is 5.78. The summed E-state index contributed by atoms with van der Waals surface area (Å²) >= 11 is 5.82. The molecule has 1 saturated heterocycles. The Morgan fingerprint density at radius 1 is 1.53 bits per heavy atom. The molecule has 1 unspecified atom stereocenters. The Bertz CT molecular complexity index is 470. The predicted molar refractivity (Wildman–Crippen MR) is 77.6 cm³/mol. The van der Waals surface area contributed by atoms with Gasteiger partial charge in [-0.25, -0.2) is 0 Å². The van der Waals surface area contributed by atoms with Crippen molar-refractivity contribution >= 4 is 17.3 Å². The van der Waals surface area contributed by atoms with Crippen molar-refractivity contribution in [3.8, 4) is 6.07 Å². The lowest BCUT2D eigenvalue weighted by Crippen LogP contribution is -2.31. The molecule has 2 rings (SSSR count). The van der Waals surface area contributed by atoms with Gasteiger partial charge in [0, 0.05) is 25.6 Å². The molecule has 102 valence electrons. The van der Waals surface area contributed by atoms with Crippen molar-refractivity contribution in [2.45, 2.75) is 31.7 Å². The van der Waals surface area contributed by atoms with Gasteiger partial charge in [0.05, 0.1) is 17.4 Å². The molecule has 0 radical (unpaired) electrons. The molecule has 1 aliphatic rings. The topological polar surface area (TPSA) is 36.3 Å². The number of nitriles is 1. The molecule has 0 amide bonds. The molecule has 0 bridgehead atoms. The van der Waals surface area contributed by atoms with E-state index in [1.165, 1.54) is 0 Å². The fourth-order valence-electron chi connectivity index (χ4n) is 2.39. The first-order valence-electron chi connectivity index (χ1n) is 6.74. The van der Waals surface area contributed by atoms with Gasteiger partial charge in [-0.3, -0.25) is 0 Å². The van der Waals surface area contributed by atoms with E-state index in [0.717, 1.165) is 43.8 Å². The standard InChI is InChI=1S/C15H19ClN2O/c1-2-14-11-18(6-3-7-19-14)15-5-4-12(9-16)8-13(15)10-17/h4-5,8,14H,2-3,6-7,9,11H2,1H3. The molecule has 1 fully saturated rings. The maximum absolute atomic E-state index is 9.31. The molecule has 1 aliphatic heterocycles. The van der Waals surface area contributed by atoms with Gasteiger partial charge in [-0.05, 0) is 30.5 Å². The van der Waals surface area contributed by atoms with E-state index in [-0.39, 0.29) is 6.10 Å². The largest absolute Gasteiger partial charge is 0.376 e. The smallest absolute Gasteiger partial charge is 0.101 e. The third-order valence-electron chi connectivity index (χ3n) is 3.48. The highest BCUT2D eigenvalue weighted by atomic mass is 35.5. The van der Waals surface area contributed by atoms with Crippen LogP contribution in [0.25, 0.3) is 0 Å². The minimum Gasteiger partial charge on any atom is -0.376 e. The summed E-state index contributed by atoms with van der Waals surface area (Å²) in [6.45, 7) is 4.73. The molecule has 1 aromatic rings. The quantitative estimate of drug-likeness (QED) is 0.796. The van der Waals surface area contributed by atoms with Gasteiger partial charge in [0.15, 0.2) is 0 Å². The molecule has 1 aromatic carbocycles. The molecular formula is C15H19ClN2O. The lowest BCUT2D eigenvalue weighted by molar-refractivity contribution is 0.0664. The minimum atomic E-state index is 0.252. The summed E-state index contributed by atoms with van der Waals surface area (Å²) in [5, 5.41) is 9.31. The van der Waals surface area contributed by atoms with Crippen LogP contribution in [0.1, 0.15) is 30.9 Å². The highest BCUT2D eigenvalue weighted by Gasteiger charge is 2.19. The summed E-state index contributed by atoms with van der Waals surface area (Å²) in [4.78, 5) is 2.26. The Balaban J connectivity index is 2.26. The Kier molecular flexibility index (Phi) is 5.07. The third-order valence-corrected chi connectivity index (χ3v) is 3.79. The lowest BCUT2D eigenvalue weighted by atomic mass is 10.1. The van der Waals surface area contributed by atoms with Crippen molar-refractivity contribution < 1.29 is 4.74 Å². The first kappa shape index (κ1) is 14.2. The van der Waals surface area contributed by atoms with Gasteiger partial charge in [0.1, 0.15) is 6.07 Å². The van der Waals surface area contributed by atoms with E-state index in [4.69, 9.17) is 16.3 Å². The number of hydrogen-bond acceptors (Lipinski definition) is 3. The Morgan fingerprint density at radius 3 is 3.05 bits per heavy atom. The molecule has 0 aliphatic carbocycles. The maximum atomic E-state index is 9.31. The molecule has 0 spiro atoms. The van der Waals surface area contributed by atoms with Crippen LogP contribution in [0.5, 0.6) is 0 Å². The number of alkyl halides is 1. The van der Waals surface area contributed by atoms with E-state index in [1.807, 2.05) is 18.2 Å². The normalized spacial score (nSPS) is 19.8. The summed E-state index contributed by atoms with van der Waals surface area (Å²) in [7, 11) is 0. The number of ether oxygens (including phenoxy) is 1. The highest BCUT2D eigenvalue weighted by Crippen LogP contribution is 2.24. The van der Waals surface area contributed by atoms with Gasteiger partial charge < -0.3 is 9.64 Å². The van der Waals surface area contributed by atoms with Crippen LogP contribution < -0.4 is 4.90 Å². The van der Waals surface area contributed by atoms with E-state index < -0.39 is 0 Å². The number of hydrogen-bond donors (Lipinski definition) is 0. The molecule has 19 heavy (non-hydrogen) atoms. The Labute approximate surface area is 119 Å². The summed E-state index contributed by atoms with van der Waals surface area (Å²) in [5.41, 5.74) is 2.69. The van der Waals surface area contributed by atoms with Gasteiger partial charge >= 0.3 is 0 Å². The average molecular weight is 279 g/mol. The Hall–Kier alpha value is -1.24. The van der Waals surface area contributed by atoms with Crippen LogP contribution in [0.3, 0.4) is 0 Å². The fraction of sp³-hybridized carbons (Fsp3) is 0.533. The molecular weight excluding hydrogens is 260 g/mol. The first-order chi connectivity index (χ1) is 9.28. The molecule has 1 heterocycles. The monoisotopic (exact) mass is 278 g/mol. The number of anilines is 1. The second-order valence-corrected chi connectivity index (χ2v) is 5.06. The summed E-state index contributed by atoms with van der Waals surface area (Å²) in [6, 6.07) is 8.17. The van der Waals surface area contributed by atoms with E-state index in [0.29, 0.717) is 11.4 Å². The van der Waals surface area contributed by atoms with Crippen LogP contribution in [-0.4, -0.2) is 25.8 Å². The number of nitrogens with zero attached hydrogens (tertiary/aromatic N) is 2. The average Bonchev–Trinajstić information content (AvgIpc) is 2.71. The van der Waals surface area contributed by atoms with Crippen molar-refractivity contribution in [3.05, 3.63) is 29.3 Å². The van der Waals surface area contributed by atoms with Crippen molar-refractivity contribution in [2.24, 2.45) is 0 Å². The summed E-state index contributed by atoms with van der Waals surface area (Å²) in [6.07, 6.45) is 2.25. The molecule has 4 heteroatoms. The maximum Gasteiger partial charge on any atom is 0.101 e. The number of rotatable bonds is 3. The van der Waals surface area contributed by atoms with Crippen molar-refractivity contribution in [2.75, 3.05) is 24.6 Å². The number of benzene rings is 1. The molecule has 0 saturated carbocycles. The molecule has 3 nitrogen and oxygen atoms in total. The molecule has 1 atom stereocenters. The van der Waals surface area contributed by atoms with Gasteiger partial charge in [0.25, 0.3) is 0 Å². The highest BCUT2D eigenvalue weighted by molar-refractivity contribution is 6.17. The van der Waals surface area contributed by atoms with Crippen LogP contribution >= 0.6 is 11.6 Å². The van der Waals surface area contributed by atoms with Crippen LogP contribution in [-0.2, 0) is 10.6 Å². The first-order valence-corrected chi connectivity index (χ1v) is 7.27. The van der Waals surface area contributed by atoms with Gasteiger partial charge in [-0.2, -0.15) is 5.26 Å². The summed E-state index contributed by atoms with van der Waals surface area (Å²) in [5.74, 6) is 0.440. The zero-order valence-corrected chi connectivity index (χ0v) is 12.0. The van der Waals surface area contributed by atoms with Crippen molar-refractivity contribution in [3.63, 3.8) is 0 Å². The number of halogens is 1. The molecule has 0 N–H and O–H groups in total. The second-order valence-electron chi connectivity index (χ2n) is 4.80. The lowest BCUT2D eigenvalue weighted by Gasteiger charge is -2.26. The van der Waals surface area contributed by atoms with Crippen molar-refractivity contribution in [1.29, 1.82) is 5.26 Å². The van der Waals surface area contributed by atoms with Crippen molar-refractivity contribution in [1.82, 2.24) is 0 Å². The van der Waals surface area contributed by atoms with E-state index in [9.17, 15) is 5.26 Å². The minimum absolute atomic E-state index is 0.252. The predicted octanol–water partition coefficient (Wildman–Crippen LogP) is 3.30. The fourth-order valence-corrected chi connectivity index (χ4v) is 2.56. The van der Waals surface area contributed by atoms with Gasteiger partial charge in [-0.15, -0.1) is 11.6 Å². The third kappa shape index (κ3) is 3.40.